The first-order valence-corrected chi connectivity index (χ1v) is 15.3. The molecule has 0 radical (unpaired) electrons. The highest BCUT2D eigenvalue weighted by Crippen LogP contribution is 2.39. The first kappa shape index (κ1) is 31.3. The van der Waals surface area contributed by atoms with Gasteiger partial charge in [-0.25, -0.2) is 0 Å². The number of benzene rings is 1. The summed E-state index contributed by atoms with van der Waals surface area (Å²) in [5.41, 5.74) is 10.0. The van der Waals surface area contributed by atoms with E-state index in [1.165, 1.54) is 16.7 Å². The topological polar surface area (TPSA) is 57.4 Å². The van der Waals surface area contributed by atoms with Gasteiger partial charge < -0.3 is 10.1 Å². The maximum atomic E-state index is 9.61. The third-order valence-electron chi connectivity index (χ3n) is 8.91. The number of ether oxygens (including phenoxy) is 1. The molecule has 0 saturated carbocycles. The van der Waals surface area contributed by atoms with Crippen molar-refractivity contribution in [1.82, 2.24) is 5.32 Å². The summed E-state index contributed by atoms with van der Waals surface area (Å²) in [5.74, 6) is 2.07. The molecule has 4 rings (SSSR count). The van der Waals surface area contributed by atoms with E-state index in [9.17, 15) is 5.26 Å². The van der Waals surface area contributed by atoms with E-state index in [0.717, 1.165) is 72.4 Å². The maximum Gasteiger partial charge on any atom is 0.128 e. The third kappa shape index (κ3) is 7.02. The third-order valence-corrected chi connectivity index (χ3v) is 8.91. The number of nitrogens with one attached hydrogen (secondary N) is 1. The number of fused-ring (bicyclic) bond motifs is 2. The fraction of sp³-hybridized carbons (Fsp3) is 0.421. The molecule has 0 spiro atoms. The molecule has 1 fully saturated rings. The minimum absolute atomic E-state index is 0.0461. The van der Waals surface area contributed by atoms with E-state index >= 15 is 0 Å². The number of nitriles is 1. The maximum absolute atomic E-state index is 9.61. The lowest BCUT2D eigenvalue weighted by atomic mass is 9.83. The van der Waals surface area contributed by atoms with Gasteiger partial charge in [-0.2, -0.15) is 5.26 Å². The van der Waals surface area contributed by atoms with Crippen molar-refractivity contribution in [2.24, 2.45) is 22.7 Å². The van der Waals surface area contributed by atoms with Crippen LogP contribution in [0.2, 0.25) is 0 Å². The Balaban J connectivity index is 1.71. The van der Waals surface area contributed by atoms with Gasteiger partial charge in [-0.1, -0.05) is 75.1 Å². The van der Waals surface area contributed by atoms with Crippen LogP contribution in [0.1, 0.15) is 75.6 Å². The van der Waals surface area contributed by atoms with E-state index in [1.807, 2.05) is 32.2 Å². The van der Waals surface area contributed by atoms with E-state index < -0.39 is 0 Å². The Labute approximate surface area is 253 Å². The second kappa shape index (κ2) is 14.0. The summed E-state index contributed by atoms with van der Waals surface area (Å²) in [6.07, 6.45) is 16.2. The van der Waals surface area contributed by atoms with Gasteiger partial charge in [-0.3, -0.25) is 4.99 Å². The molecule has 1 heterocycles. The number of rotatable bonds is 11. The van der Waals surface area contributed by atoms with Gasteiger partial charge >= 0.3 is 0 Å². The molecule has 0 amide bonds. The van der Waals surface area contributed by atoms with Crippen LogP contribution < -0.4 is 5.32 Å². The number of aliphatic imine (C=N–C) groups is 1. The molecule has 1 aromatic carbocycles. The van der Waals surface area contributed by atoms with Crippen molar-refractivity contribution < 1.29 is 4.74 Å². The normalized spacial score (nSPS) is 24.0. The van der Waals surface area contributed by atoms with Gasteiger partial charge in [-0.15, -0.1) is 6.58 Å². The van der Waals surface area contributed by atoms with Crippen LogP contribution in [0.15, 0.2) is 107 Å². The molecule has 5 atom stereocenters. The molecular formula is C38H47N3O. The van der Waals surface area contributed by atoms with Crippen molar-refractivity contribution >= 4 is 5.84 Å². The lowest BCUT2D eigenvalue weighted by Gasteiger charge is -2.25. The largest absolute Gasteiger partial charge is 0.373 e. The monoisotopic (exact) mass is 561 g/mol. The fourth-order valence-corrected chi connectivity index (χ4v) is 6.50. The molecule has 4 nitrogen and oxygen atoms in total. The van der Waals surface area contributed by atoms with Gasteiger partial charge in [0.1, 0.15) is 5.84 Å². The van der Waals surface area contributed by atoms with Crippen LogP contribution in [-0.4, -0.2) is 25.6 Å². The number of allylic oxidation sites excluding steroid dienone is 6. The van der Waals surface area contributed by atoms with Crippen LogP contribution in [-0.2, 0) is 4.74 Å². The highest BCUT2D eigenvalue weighted by molar-refractivity contribution is 6.04. The molecule has 2 aliphatic carbocycles. The molecule has 4 heteroatoms. The van der Waals surface area contributed by atoms with Gasteiger partial charge in [0.05, 0.1) is 30.4 Å². The Morgan fingerprint density at radius 1 is 1.26 bits per heavy atom. The van der Waals surface area contributed by atoms with Gasteiger partial charge in [0.25, 0.3) is 0 Å². The Kier molecular flexibility index (Phi) is 10.4. The first-order valence-electron chi connectivity index (χ1n) is 15.3. The minimum atomic E-state index is -0.0461. The van der Waals surface area contributed by atoms with Crippen molar-refractivity contribution in [2.75, 3.05) is 13.7 Å². The number of amidine groups is 1. The van der Waals surface area contributed by atoms with E-state index in [1.54, 1.807) is 0 Å². The predicted octanol–water partition coefficient (Wildman–Crippen LogP) is 8.81. The van der Waals surface area contributed by atoms with Crippen LogP contribution in [0.25, 0.3) is 0 Å². The van der Waals surface area contributed by atoms with Crippen LogP contribution in [0, 0.1) is 36.0 Å². The zero-order valence-electron chi connectivity index (χ0n) is 26.2. The Hall–Kier alpha value is -3.68. The summed E-state index contributed by atoms with van der Waals surface area (Å²) in [4.78, 5) is 4.82. The van der Waals surface area contributed by atoms with Crippen LogP contribution in [0.4, 0.5) is 0 Å². The molecule has 2 unspecified atom stereocenters. The van der Waals surface area contributed by atoms with Crippen molar-refractivity contribution in [3.05, 3.63) is 118 Å². The summed E-state index contributed by atoms with van der Waals surface area (Å²) in [6, 6.07) is 8.19. The zero-order valence-corrected chi connectivity index (χ0v) is 26.2. The molecule has 1 aromatic rings. The average Bonchev–Trinajstić information content (AvgIpc) is 3.48. The quantitative estimate of drug-likeness (QED) is 0.127. The summed E-state index contributed by atoms with van der Waals surface area (Å²) < 4.78 is 5.98. The summed E-state index contributed by atoms with van der Waals surface area (Å²) in [7, 11) is 1.85. The molecule has 1 N–H and O–H groups in total. The second-order valence-electron chi connectivity index (χ2n) is 12.3. The minimum Gasteiger partial charge on any atom is -0.373 e. The second-order valence-corrected chi connectivity index (χ2v) is 12.3. The van der Waals surface area contributed by atoms with Crippen molar-refractivity contribution in [3.63, 3.8) is 0 Å². The lowest BCUT2D eigenvalue weighted by Crippen LogP contribution is -2.30. The first-order chi connectivity index (χ1) is 20.2. The molecule has 0 aromatic heterocycles. The number of nitrogens with zero attached hydrogens (tertiary/aromatic N) is 2. The summed E-state index contributed by atoms with van der Waals surface area (Å²) in [6.45, 7) is 22.4. The molecular weight excluding hydrogens is 514 g/mol. The molecule has 1 aliphatic heterocycles. The van der Waals surface area contributed by atoms with Gasteiger partial charge in [-0.05, 0) is 97.3 Å². The molecule has 1 saturated heterocycles. The molecule has 2 bridgehead atoms. The Bertz CT molecular complexity index is 1430. The van der Waals surface area contributed by atoms with Crippen LogP contribution in [0.3, 0.4) is 0 Å². The van der Waals surface area contributed by atoms with Gasteiger partial charge in [0, 0.05) is 18.5 Å². The molecule has 220 valence electrons. The summed E-state index contributed by atoms with van der Waals surface area (Å²) in [5, 5.41) is 13.3. The molecule has 42 heavy (non-hydrogen) atoms. The predicted molar refractivity (Wildman–Crippen MR) is 176 cm³/mol. The lowest BCUT2D eigenvalue weighted by molar-refractivity contribution is 0.123. The van der Waals surface area contributed by atoms with Gasteiger partial charge in [0.15, 0.2) is 0 Å². The van der Waals surface area contributed by atoms with Crippen LogP contribution >= 0.6 is 0 Å². The highest BCUT2D eigenvalue weighted by atomic mass is 16.5. The summed E-state index contributed by atoms with van der Waals surface area (Å²) >= 11 is 0. The van der Waals surface area contributed by atoms with Crippen molar-refractivity contribution in [3.8, 4) is 6.07 Å². The fourth-order valence-electron chi connectivity index (χ4n) is 6.50. The van der Waals surface area contributed by atoms with Crippen molar-refractivity contribution in [2.45, 2.75) is 71.9 Å². The van der Waals surface area contributed by atoms with E-state index in [2.05, 4.69) is 82.3 Å². The smallest absolute Gasteiger partial charge is 0.128 e. The Morgan fingerprint density at radius 2 is 2.05 bits per heavy atom. The average molecular weight is 562 g/mol. The number of hydrogen-bond donors (Lipinski definition) is 1. The van der Waals surface area contributed by atoms with E-state index in [4.69, 9.17) is 9.73 Å². The van der Waals surface area contributed by atoms with Crippen molar-refractivity contribution in [1.29, 1.82) is 5.26 Å². The SMILES string of the molecule is C=CC\C=C(C(=C)C1=CCC(C)C1)/C(=C\C(C)CC1=C[C@H]2CO[C@@H](C1)C2=C)C(=N\C)/N[C@H](C)c1cccc(C#N)c1C. The van der Waals surface area contributed by atoms with E-state index in [0.29, 0.717) is 17.4 Å². The van der Waals surface area contributed by atoms with Crippen LogP contribution in [0.5, 0.6) is 0 Å². The number of hydrogen-bond acceptors (Lipinski definition) is 3. The Morgan fingerprint density at radius 3 is 2.69 bits per heavy atom. The van der Waals surface area contributed by atoms with E-state index in [-0.39, 0.29) is 18.1 Å². The highest BCUT2D eigenvalue weighted by Gasteiger charge is 2.33. The standard InChI is InChI=1S/C38H47N3O/c1-9-10-13-35(26(4)31-16-15-24(2)18-31)36(19-25(3)17-30-20-33-23-42-37(21-30)28(33)6)38(40-8)41-29(7)34-14-11-12-32(22-39)27(34)5/h9,11-14,16,19-20,24-25,29,33,37H,1,4,6,10,15,17-18,21,23H2,2-3,5,7-8H3,(H,40,41)/b35-13-,36-19+/t24?,25?,29-,33+,37+/m1/s1. The molecule has 3 aliphatic rings. The zero-order chi connectivity index (χ0) is 30.4. The van der Waals surface area contributed by atoms with Gasteiger partial charge in [0.2, 0.25) is 0 Å².